The predicted molar refractivity (Wildman–Crippen MR) is 139 cm³/mol. The molecule has 190 valence electrons. The Bertz CT molecular complexity index is 1090. The Hall–Kier alpha value is -2.77. The number of nitrogens with one attached hydrogen (secondary N) is 1. The quantitative estimate of drug-likeness (QED) is 0.403. The lowest BCUT2D eigenvalue weighted by Crippen LogP contribution is -2.39. The van der Waals surface area contributed by atoms with Crippen LogP contribution in [0, 0.1) is 19.8 Å². The number of benzene rings is 1. The largest absolute Gasteiger partial charge is 0.459 e. The lowest BCUT2D eigenvalue weighted by molar-refractivity contribution is -0.151. The fourth-order valence-corrected chi connectivity index (χ4v) is 4.17. The molecule has 1 fully saturated rings. The second kappa shape index (κ2) is 12.3. The molecule has 1 unspecified atom stereocenters. The van der Waals surface area contributed by atoms with Crippen LogP contribution in [-0.4, -0.2) is 41.6 Å². The number of hydrogen-bond acceptors (Lipinski definition) is 6. The van der Waals surface area contributed by atoms with Gasteiger partial charge in [0, 0.05) is 37.3 Å². The van der Waals surface area contributed by atoms with Crippen molar-refractivity contribution in [3.63, 3.8) is 0 Å². The van der Waals surface area contributed by atoms with Crippen LogP contribution in [0.15, 0.2) is 40.2 Å². The molecular weight excluding hydrogens is 442 g/mol. The summed E-state index contributed by atoms with van der Waals surface area (Å²) in [4.78, 5) is 29.9. The van der Waals surface area contributed by atoms with Gasteiger partial charge in [0.05, 0.1) is 24.6 Å². The third-order valence-corrected chi connectivity index (χ3v) is 6.67. The van der Waals surface area contributed by atoms with E-state index in [1.807, 2.05) is 33.0 Å². The fraction of sp³-hybridized carbons (Fsp3) is 0.536. The van der Waals surface area contributed by atoms with E-state index in [0.717, 1.165) is 40.9 Å². The number of aliphatic imine (C=N–C) groups is 1. The molecule has 1 saturated heterocycles. The molecule has 0 saturated carbocycles. The van der Waals surface area contributed by atoms with Crippen LogP contribution >= 0.6 is 0 Å². The van der Waals surface area contributed by atoms with Crippen molar-refractivity contribution in [3.8, 4) is 0 Å². The topological polar surface area (TPSA) is 81.9 Å². The maximum absolute atomic E-state index is 12.6. The molecule has 0 bridgehead atoms. The van der Waals surface area contributed by atoms with E-state index in [9.17, 15) is 9.59 Å². The summed E-state index contributed by atoms with van der Waals surface area (Å²) in [5, 5.41) is 3.34. The molecule has 7 heteroatoms. The third kappa shape index (κ3) is 6.89. The number of esters is 1. The van der Waals surface area contributed by atoms with E-state index < -0.39 is 0 Å². The van der Waals surface area contributed by atoms with Gasteiger partial charge >= 0.3 is 5.97 Å². The molecule has 0 amide bonds. The Balaban J connectivity index is 1.82. The van der Waals surface area contributed by atoms with Crippen LogP contribution in [0.4, 0.5) is 5.69 Å². The maximum Gasteiger partial charge on any atom is 0.323 e. The number of rotatable bonds is 10. The van der Waals surface area contributed by atoms with Gasteiger partial charge in [-0.25, -0.2) is 0 Å². The van der Waals surface area contributed by atoms with Gasteiger partial charge in [-0.15, -0.1) is 0 Å². The van der Waals surface area contributed by atoms with Crippen LogP contribution < -0.4 is 10.9 Å². The molecular formula is C28H39N3O4. The van der Waals surface area contributed by atoms with Crippen LogP contribution in [0.2, 0.25) is 0 Å². The van der Waals surface area contributed by atoms with Crippen molar-refractivity contribution in [2.75, 3.05) is 13.2 Å². The van der Waals surface area contributed by atoms with E-state index in [1.165, 1.54) is 0 Å². The molecule has 0 spiro atoms. The second-order valence-corrected chi connectivity index (χ2v) is 9.52. The first-order valence-electron chi connectivity index (χ1n) is 12.6. The summed E-state index contributed by atoms with van der Waals surface area (Å²) in [5.41, 5.74) is 5.65. The summed E-state index contributed by atoms with van der Waals surface area (Å²) in [7, 11) is 1.78. The average molecular weight is 482 g/mol. The minimum absolute atomic E-state index is 0.00552. The van der Waals surface area contributed by atoms with Crippen LogP contribution in [0.3, 0.4) is 0 Å². The minimum Gasteiger partial charge on any atom is -0.459 e. The zero-order valence-electron chi connectivity index (χ0n) is 21.9. The van der Waals surface area contributed by atoms with E-state index in [0.29, 0.717) is 31.7 Å². The molecule has 0 aliphatic carbocycles. The van der Waals surface area contributed by atoms with Crippen molar-refractivity contribution >= 4 is 17.4 Å². The smallest absolute Gasteiger partial charge is 0.323 e. The van der Waals surface area contributed by atoms with E-state index in [-0.39, 0.29) is 29.6 Å². The highest BCUT2D eigenvalue weighted by atomic mass is 16.6. The zero-order valence-corrected chi connectivity index (χ0v) is 21.9. The second-order valence-electron chi connectivity index (χ2n) is 9.52. The van der Waals surface area contributed by atoms with Gasteiger partial charge in [0.15, 0.2) is 0 Å². The Kier molecular flexibility index (Phi) is 9.40. The molecule has 0 radical (unpaired) electrons. The van der Waals surface area contributed by atoms with Crippen LogP contribution in [-0.2, 0) is 27.9 Å². The van der Waals surface area contributed by atoms with Crippen molar-refractivity contribution in [2.24, 2.45) is 18.0 Å². The summed E-state index contributed by atoms with van der Waals surface area (Å²) >= 11 is 0. The van der Waals surface area contributed by atoms with Gasteiger partial charge in [-0.05, 0) is 55.9 Å². The normalized spacial score (nSPS) is 17.9. The van der Waals surface area contributed by atoms with E-state index in [1.54, 1.807) is 11.6 Å². The molecule has 3 atom stereocenters. The monoisotopic (exact) mass is 481 g/mol. The first-order chi connectivity index (χ1) is 16.7. The van der Waals surface area contributed by atoms with E-state index in [4.69, 9.17) is 14.5 Å². The number of aromatic nitrogens is 1. The lowest BCUT2D eigenvalue weighted by Gasteiger charge is -2.19. The van der Waals surface area contributed by atoms with Gasteiger partial charge in [0.25, 0.3) is 5.56 Å². The SMILES string of the molecule is CCC(C)/C(=N\c1cc(CN[C@@H](CC)C(=O)O[C@H]2CCOC2)ccc1C)c1cc(C)c(=O)n(C)c1. The van der Waals surface area contributed by atoms with Gasteiger partial charge < -0.3 is 19.4 Å². The van der Waals surface area contributed by atoms with Crippen LogP contribution in [0.1, 0.15) is 62.3 Å². The minimum atomic E-state index is -0.367. The molecule has 2 heterocycles. The molecule has 1 aromatic carbocycles. The zero-order chi connectivity index (χ0) is 25.5. The molecule has 2 aromatic rings. The number of ether oxygens (including phenoxy) is 2. The first kappa shape index (κ1) is 26.8. The number of nitrogens with zero attached hydrogens (tertiary/aromatic N) is 2. The summed E-state index contributed by atoms with van der Waals surface area (Å²) in [6.07, 6.45) is 4.07. The Labute approximate surface area is 208 Å². The first-order valence-corrected chi connectivity index (χ1v) is 12.6. The maximum atomic E-state index is 12.6. The summed E-state index contributed by atoms with van der Waals surface area (Å²) in [6, 6.07) is 7.76. The van der Waals surface area contributed by atoms with Gasteiger partial charge in [0.2, 0.25) is 0 Å². The Morgan fingerprint density at radius 3 is 2.63 bits per heavy atom. The van der Waals surface area contributed by atoms with E-state index >= 15 is 0 Å². The van der Waals surface area contributed by atoms with Crippen molar-refractivity contribution in [1.29, 1.82) is 0 Å². The molecule has 3 rings (SSSR count). The molecule has 35 heavy (non-hydrogen) atoms. The van der Waals surface area contributed by atoms with Gasteiger partial charge in [0.1, 0.15) is 12.1 Å². The van der Waals surface area contributed by atoms with Crippen molar-refractivity contribution in [1.82, 2.24) is 9.88 Å². The Morgan fingerprint density at radius 2 is 2.00 bits per heavy atom. The highest BCUT2D eigenvalue weighted by molar-refractivity contribution is 6.03. The Morgan fingerprint density at radius 1 is 1.23 bits per heavy atom. The molecule has 1 N–H and O–H groups in total. The highest BCUT2D eigenvalue weighted by Gasteiger charge is 2.24. The average Bonchev–Trinajstić information content (AvgIpc) is 3.35. The summed E-state index contributed by atoms with van der Waals surface area (Å²) in [5.74, 6) is 0.00404. The fourth-order valence-electron chi connectivity index (χ4n) is 4.17. The third-order valence-electron chi connectivity index (χ3n) is 6.67. The van der Waals surface area contributed by atoms with Gasteiger partial charge in [-0.1, -0.05) is 32.9 Å². The van der Waals surface area contributed by atoms with Crippen molar-refractivity contribution in [3.05, 3.63) is 63.1 Å². The molecule has 1 aliphatic heterocycles. The predicted octanol–water partition coefficient (Wildman–Crippen LogP) is 4.37. The number of carbonyl (C=O) groups excluding carboxylic acids is 1. The lowest BCUT2D eigenvalue weighted by atomic mass is 9.96. The van der Waals surface area contributed by atoms with Crippen LogP contribution in [0.5, 0.6) is 0 Å². The highest BCUT2D eigenvalue weighted by Crippen LogP contribution is 2.25. The number of aryl methyl sites for hydroxylation is 3. The molecule has 1 aromatic heterocycles. The summed E-state index contributed by atoms with van der Waals surface area (Å²) < 4.78 is 12.5. The van der Waals surface area contributed by atoms with Crippen LogP contribution in [0.25, 0.3) is 0 Å². The summed E-state index contributed by atoms with van der Waals surface area (Å²) in [6.45, 7) is 11.8. The van der Waals surface area contributed by atoms with Crippen molar-refractivity contribution < 1.29 is 14.3 Å². The van der Waals surface area contributed by atoms with Gasteiger partial charge in [-0.2, -0.15) is 0 Å². The number of hydrogen-bond donors (Lipinski definition) is 1. The van der Waals surface area contributed by atoms with Crippen molar-refractivity contribution in [2.45, 2.75) is 72.6 Å². The van der Waals surface area contributed by atoms with E-state index in [2.05, 4.69) is 37.4 Å². The van der Waals surface area contributed by atoms with Gasteiger partial charge in [-0.3, -0.25) is 14.6 Å². The molecule has 7 nitrogen and oxygen atoms in total. The molecule has 1 aliphatic rings. The number of pyridine rings is 1. The standard InChI is InChI=1S/C28H39N3O4/c1-7-18(3)26(22-13-20(5)27(32)31(6)16-22)30-25-14-21(10-9-19(25)4)15-29-24(8-2)28(33)35-23-11-12-34-17-23/h9-10,13-14,16,18,23-24,29H,7-8,11-12,15,17H2,1-6H3/b30-26+/t18?,23-,24-/m0/s1. The number of carbonyl (C=O) groups is 1.